The van der Waals surface area contributed by atoms with Crippen LogP contribution in [0.5, 0.6) is 0 Å². The Bertz CT molecular complexity index is 640. The van der Waals surface area contributed by atoms with E-state index in [2.05, 4.69) is 4.98 Å². The number of hydrogen-bond acceptors (Lipinski definition) is 4. The first-order chi connectivity index (χ1) is 10.5. The lowest BCUT2D eigenvalue weighted by Gasteiger charge is -2.20. The summed E-state index contributed by atoms with van der Waals surface area (Å²) in [7, 11) is 3.51. The summed E-state index contributed by atoms with van der Waals surface area (Å²) in [6.45, 7) is 3.71. The van der Waals surface area contributed by atoms with Gasteiger partial charge in [0.15, 0.2) is 0 Å². The van der Waals surface area contributed by atoms with E-state index < -0.39 is 0 Å². The third-order valence-corrected chi connectivity index (χ3v) is 3.55. The Balaban J connectivity index is 2.06. The molecule has 6 heteroatoms. The molecule has 22 heavy (non-hydrogen) atoms. The van der Waals surface area contributed by atoms with Crippen LogP contribution in [0.15, 0.2) is 34.9 Å². The summed E-state index contributed by atoms with van der Waals surface area (Å²) in [4.78, 5) is 19.9. The largest absolute Gasteiger partial charge is 0.444 e. The van der Waals surface area contributed by atoms with Crippen molar-refractivity contribution in [3.8, 4) is 11.5 Å². The van der Waals surface area contributed by atoms with Crippen LogP contribution in [-0.2, 0) is 11.3 Å². The predicted octanol–water partition coefficient (Wildman–Crippen LogP) is 2.91. The highest BCUT2D eigenvalue weighted by molar-refractivity contribution is 6.30. The number of benzene rings is 1. The number of likely N-dealkylation sites (N-methyl/N-ethyl adjacent to an activating group) is 2. The fourth-order valence-electron chi connectivity index (χ4n) is 1.98. The van der Waals surface area contributed by atoms with E-state index in [1.807, 2.05) is 30.0 Å². The van der Waals surface area contributed by atoms with Gasteiger partial charge >= 0.3 is 0 Å². The van der Waals surface area contributed by atoms with Crippen molar-refractivity contribution < 1.29 is 9.21 Å². The molecule has 0 N–H and O–H groups in total. The van der Waals surface area contributed by atoms with Crippen molar-refractivity contribution in [1.29, 1.82) is 0 Å². The fraction of sp³-hybridized carbons (Fsp3) is 0.375. The zero-order valence-electron chi connectivity index (χ0n) is 13.0. The number of nitrogens with zero attached hydrogens (tertiary/aromatic N) is 3. The van der Waals surface area contributed by atoms with Crippen molar-refractivity contribution in [3.63, 3.8) is 0 Å². The third-order valence-electron chi connectivity index (χ3n) is 3.31. The molecule has 1 heterocycles. The van der Waals surface area contributed by atoms with Crippen molar-refractivity contribution in [1.82, 2.24) is 14.8 Å². The lowest BCUT2D eigenvalue weighted by molar-refractivity contribution is -0.130. The molecule has 1 amide bonds. The molecule has 0 saturated heterocycles. The second-order valence-corrected chi connectivity index (χ2v) is 5.68. The van der Waals surface area contributed by atoms with Crippen LogP contribution >= 0.6 is 11.6 Å². The van der Waals surface area contributed by atoms with Gasteiger partial charge in [-0.25, -0.2) is 4.98 Å². The van der Waals surface area contributed by atoms with Crippen molar-refractivity contribution in [3.05, 3.63) is 41.2 Å². The number of hydrogen-bond donors (Lipinski definition) is 0. The van der Waals surface area contributed by atoms with Crippen molar-refractivity contribution >= 4 is 17.5 Å². The average Bonchev–Trinajstić information content (AvgIpc) is 2.95. The van der Waals surface area contributed by atoms with Gasteiger partial charge in [-0.3, -0.25) is 9.69 Å². The average molecular weight is 322 g/mol. The summed E-state index contributed by atoms with van der Waals surface area (Å²) in [5.74, 6) is 0.605. The SMILES string of the molecule is CCN(CC(=O)N(C)C)Cc1coc(-c2cccc(Cl)c2)n1. The van der Waals surface area contributed by atoms with E-state index in [0.29, 0.717) is 24.0 Å². The van der Waals surface area contributed by atoms with Gasteiger partial charge in [0.25, 0.3) is 0 Å². The predicted molar refractivity (Wildman–Crippen MR) is 86.6 cm³/mol. The maximum absolute atomic E-state index is 11.8. The van der Waals surface area contributed by atoms with Crippen LogP contribution < -0.4 is 0 Å². The van der Waals surface area contributed by atoms with Gasteiger partial charge in [0.05, 0.1) is 12.2 Å². The minimum Gasteiger partial charge on any atom is -0.444 e. The minimum absolute atomic E-state index is 0.0698. The number of amides is 1. The molecule has 0 atom stereocenters. The first-order valence-corrected chi connectivity index (χ1v) is 7.50. The van der Waals surface area contributed by atoms with E-state index in [0.717, 1.165) is 17.8 Å². The quantitative estimate of drug-likeness (QED) is 0.821. The molecule has 0 radical (unpaired) electrons. The van der Waals surface area contributed by atoms with Gasteiger partial charge in [-0.05, 0) is 24.7 Å². The molecule has 0 bridgehead atoms. The molecule has 0 aliphatic heterocycles. The zero-order valence-corrected chi connectivity index (χ0v) is 13.8. The van der Waals surface area contributed by atoms with Gasteiger partial charge in [0, 0.05) is 31.2 Å². The van der Waals surface area contributed by atoms with E-state index in [9.17, 15) is 4.79 Å². The Morgan fingerprint density at radius 1 is 1.36 bits per heavy atom. The smallest absolute Gasteiger partial charge is 0.236 e. The molecular weight excluding hydrogens is 302 g/mol. The van der Waals surface area contributed by atoms with Gasteiger partial charge < -0.3 is 9.32 Å². The second-order valence-electron chi connectivity index (χ2n) is 5.25. The number of rotatable bonds is 6. The third kappa shape index (κ3) is 4.32. The van der Waals surface area contributed by atoms with Crippen LogP contribution in [0.25, 0.3) is 11.5 Å². The molecule has 5 nitrogen and oxygen atoms in total. The molecule has 2 aromatic rings. The van der Waals surface area contributed by atoms with E-state index >= 15 is 0 Å². The van der Waals surface area contributed by atoms with Crippen LogP contribution in [0.3, 0.4) is 0 Å². The first kappa shape index (κ1) is 16.5. The van der Waals surface area contributed by atoms with E-state index in [1.54, 1.807) is 31.3 Å². The minimum atomic E-state index is 0.0698. The maximum Gasteiger partial charge on any atom is 0.236 e. The molecule has 2 rings (SSSR count). The Labute approximate surface area is 135 Å². The summed E-state index contributed by atoms with van der Waals surface area (Å²) in [6, 6.07) is 7.37. The monoisotopic (exact) mass is 321 g/mol. The lowest BCUT2D eigenvalue weighted by Crippen LogP contribution is -2.36. The van der Waals surface area contributed by atoms with Crippen molar-refractivity contribution in [2.24, 2.45) is 0 Å². The molecule has 1 aromatic carbocycles. The standard InChI is InChI=1S/C16H20ClN3O2/c1-4-20(10-15(21)19(2)3)9-14-11-22-16(18-14)12-6-5-7-13(17)8-12/h5-8,11H,4,9-10H2,1-3H3. The first-order valence-electron chi connectivity index (χ1n) is 7.12. The molecule has 0 aliphatic rings. The van der Waals surface area contributed by atoms with Crippen LogP contribution in [0.4, 0.5) is 0 Å². The number of halogens is 1. The molecule has 0 spiro atoms. The fourth-order valence-corrected chi connectivity index (χ4v) is 2.17. The normalized spacial score (nSPS) is 11.0. The number of aromatic nitrogens is 1. The van der Waals surface area contributed by atoms with Crippen LogP contribution in [-0.4, -0.2) is 47.9 Å². The van der Waals surface area contributed by atoms with Crippen LogP contribution in [0.2, 0.25) is 5.02 Å². The Kier molecular flexibility index (Phi) is 5.57. The van der Waals surface area contributed by atoms with Gasteiger partial charge in [-0.15, -0.1) is 0 Å². The molecule has 1 aromatic heterocycles. The highest BCUT2D eigenvalue weighted by atomic mass is 35.5. The highest BCUT2D eigenvalue weighted by Crippen LogP contribution is 2.22. The van der Waals surface area contributed by atoms with E-state index in [1.165, 1.54) is 0 Å². The zero-order chi connectivity index (χ0) is 16.1. The van der Waals surface area contributed by atoms with Gasteiger partial charge in [-0.1, -0.05) is 24.6 Å². The summed E-state index contributed by atoms with van der Waals surface area (Å²) in [5, 5.41) is 0.643. The van der Waals surface area contributed by atoms with Crippen molar-refractivity contribution in [2.45, 2.75) is 13.5 Å². The second kappa shape index (κ2) is 7.42. The van der Waals surface area contributed by atoms with Crippen molar-refractivity contribution in [2.75, 3.05) is 27.2 Å². The number of carbonyl (C=O) groups excluding carboxylic acids is 1. The molecule has 0 saturated carbocycles. The van der Waals surface area contributed by atoms with Gasteiger partial charge in [0.1, 0.15) is 6.26 Å². The maximum atomic E-state index is 11.8. The van der Waals surface area contributed by atoms with E-state index in [4.69, 9.17) is 16.0 Å². The summed E-state index contributed by atoms with van der Waals surface area (Å²) in [6.07, 6.45) is 1.62. The Morgan fingerprint density at radius 3 is 2.77 bits per heavy atom. The molecule has 0 unspecified atom stereocenters. The van der Waals surface area contributed by atoms with Crippen LogP contribution in [0, 0.1) is 0 Å². The summed E-state index contributed by atoms with van der Waals surface area (Å²) in [5.41, 5.74) is 1.63. The molecular formula is C16H20ClN3O2. The van der Waals surface area contributed by atoms with E-state index in [-0.39, 0.29) is 5.91 Å². The summed E-state index contributed by atoms with van der Waals surface area (Å²) < 4.78 is 5.51. The lowest BCUT2D eigenvalue weighted by atomic mass is 10.2. The topological polar surface area (TPSA) is 49.6 Å². The van der Waals surface area contributed by atoms with Gasteiger partial charge in [-0.2, -0.15) is 0 Å². The Morgan fingerprint density at radius 2 is 2.14 bits per heavy atom. The number of oxazole rings is 1. The molecule has 0 aliphatic carbocycles. The van der Waals surface area contributed by atoms with Gasteiger partial charge in [0.2, 0.25) is 11.8 Å². The highest BCUT2D eigenvalue weighted by Gasteiger charge is 2.14. The number of carbonyl (C=O) groups is 1. The molecule has 0 fully saturated rings. The van der Waals surface area contributed by atoms with Crippen LogP contribution in [0.1, 0.15) is 12.6 Å². The Hall–Kier alpha value is -1.85. The summed E-state index contributed by atoms with van der Waals surface area (Å²) >= 11 is 5.98. The molecule has 118 valence electrons.